The number of hydrogen-bond donors (Lipinski definition) is 1. The number of amides is 1. The Bertz CT molecular complexity index is 841. The zero-order valence-electron chi connectivity index (χ0n) is 11.5. The number of aromatic nitrogens is 2. The van der Waals surface area contributed by atoms with Crippen LogP contribution in [-0.2, 0) is 0 Å². The van der Waals surface area contributed by atoms with E-state index in [0.717, 1.165) is 11.3 Å². The molecule has 0 saturated heterocycles. The van der Waals surface area contributed by atoms with E-state index in [1.165, 1.54) is 11.1 Å². The largest absolute Gasteiger partial charge is 0.465 e. The normalized spacial score (nSPS) is 14.5. The molecule has 0 bridgehead atoms. The third-order valence-corrected chi connectivity index (χ3v) is 4.38. The summed E-state index contributed by atoms with van der Waals surface area (Å²) in [5, 5.41) is 18.0. The summed E-state index contributed by atoms with van der Waals surface area (Å²) < 4.78 is 0.630. The molecule has 0 fully saturated rings. The minimum Gasteiger partial charge on any atom is -0.465 e. The summed E-state index contributed by atoms with van der Waals surface area (Å²) in [7, 11) is 0. The first-order valence-electron chi connectivity index (χ1n) is 6.63. The smallest absolute Gasteiger partial charge is 0.407 e. The lowest BCUT2D eigenvalue weighted by Gasteiger charge is -2.23. The number of hydrogen-bond acceptors (Lipinski definition) is 4. The van der Waals surface area contributed by atoms with E-state index in [4.69, 9.17) is 10.4 Å². The molecule has 3 heterocycles. The van der Waals surface area contributed by atoms with Crippen molar-refractivity contribution in [3.8, 4) is 6.07 Å². The van der Waals surface area contributed by atoms with Crippen molar-refractivity contribution in [1.82, 2.24) is 14.9 Å². The molecule has 1 aliphatic heterocycles. The van der Waals surface area contributed by atoms with Crippen molar-refractivity contribution in [2.24, 2.45) is 0 Å². The SMILES string of the molecule is N#Cc1cnc2ccc(C3=CCN(C(=O)O)CC3)nc2c1Br. The van der Waals surface area contributed by atoms with Gasteiger partial charge >= 0.3 is 6.09 Å². The number of nitrogens with zero attached hydrogens (tertiary/aromatic N) is 4. The van der Waals surface area contributed by atoms with E-state index in [1.54, 1.807) is 0 Å². The highest BCUT2D eigenvalue weighted by Gasteiger charge is 2.18. The number of pyridine rings is 2. The number of carbonyl (C=O) groups is 1. The number of carboxylic acid groups (broad SMARTS) is 1. The van der Waals surface area contributed by atoms with Crippen molar-refractivity contribution in [1.29, 1.82) is 5.26 Å². The minimum atomic E-state index is -0.910. The highest BCUT2D eigenvalue weighted by atomic mass is 79.9. The fourth-order valence-corrected chi connectivity index (χ4v) is 2.85. The number of fused-ring (bicyclic) bond motifs is 1. The second kappa shape index (κ2) is 5.73. The molecular weight excluding hydrogens is 348 g/mol. The van der Waals surface area contributed by atoms with E-state index >= 15 is 0 Å². The summed E-state index contributed by atoms with van der Waals surface area (Å²) in [5.41, 5.74) is 3.58. The maximum absolute atomic E-state index is 10.9. The van der Waals surface area contributed by atoms with Crippen molar-refractivity contribution < 1.29 is 9.90 Å². The average molecular weight is 359 g/mol. The molecule has 1 N–H and O–H groups in total. The maximum Gasteiger partial charge on any atom is 0.407 e. The third-order valence-electron chi connectivity index (χ3n) is 3.58. The van der Waals surface area contributed by atoms with E-state index in [-0.39, 0.29) is 0 Å². The third kappa shape index (κ3) is 2.53. The van der Waals surface area contributed by atoms with Crippen LogP contribution in [0.1, 0.15) is 17.7 Å². The standard InChI is InChI=1S/C15H11BrN4O2/c16-13-10(7-17)8-18-12-2-1-11(19-14(12)13)9-3-5-20(6-4-9)15(21)22/h1-3,8H,4-6H2,(H,21,22). The summed E-state index contributed by atoms with van der Waals surface area (Å²) in [6.45, 7) is 0.820. The molecule has 3 rings (SSSR count). The van der Waals surface area contributed by atoms with Crippen molar-refractivity contribution in [3.05, 3.63) is 40.1 Å². The van der Waals surface area contributed by atoms with Gasteiger partial charge < -0.3 is 10.0 Å². The lowest BCUT2D eigenvalue weighted by Crippen LogP contribution is -2.33. The van der Waals surface area contributed by atoms with Gasteiger partial charge in [0.05, 0.1) is 21.2 Å². The molecule has 2 aromatic rings. The van der Waals surface area contributed by atoms with Crippen LogP contribution in [0.2, 0.25) is 0 Å². The van der Waals surface area contributed by atoms with Crippen LogP contribution < -0.4 is 0 Å². The number of halogens is 1. The van der Waals surface area contributed by atoms with Crippen molar-refractivity contribution in [2.45, 2.75) is 6.42 Å². The molecule has 1 aliphatic rings. The van der Waals surface area contributed by atoms with E-state index < -0.39 is 6.09 Å². The van der Waals surface area contributed by atoms with E-state index in [9.17, 15) is 4.79 Å². The Morgan fingerprint density at radius 1 is 1.45 bits per heavy atom. The van der Waals surface area contributed by atoms with Crippen LogP contribution in [0.3, 0.4) is 0 Å². The van der Waals surface area contributed by atoms with Gasteiger partial charge in [-0.05, 0) is 40.1 Å². The molecule has 0 saturated carbocycles. The van der Waals surface area contributed by atoms with Gasteiger partial charge in [0.2, 0.25) is 0 Å². The van der Waals surface area contributed by atoms with Gasteiger partial charge in [0, 0.05) is 19.3 Å². The Labute approximate surface area is 134 Å². The summed E-state index contributed by atoms with van der Waals surface area (Å²) in [6.07, 6.45) is 3.10. The van der Waals surface area contributed by atoms with Crippen LogP contribution in [0.5, 0.6) is 0 Å². The van der Waals surface area contributed by atoms with Crippen molar-refractivity contribution in [2.75, 3.05) is 13.1 Å². The molecule has 0 spiro atoms. The molecule has 1 amide bonds. The summed E-state index contributed by atoms with van der Waals surface area (Å²) in [6, 6.07) is 5.79. The van der Waals surface area contributed by atoms with Crippen LogP contribution in [0.25, 0.3) is 16.6 Å². The molecule has 7 heteroatoms. The summed E-state index contributed by atoms with van der Waals surface area (Å²) in [4.78, 5) is 21.1. The molecule has 0 unspecified atom stereocenters. The first-order valence-corrected chi connectivity index (χ1v) is 7.42. The topological polar surface area (TPSA) is 90.1 Å². The first kappa shape index (κ1) is 14.5. The van der Waals surface area contributed by atoms with Crippen LogP contribution in [0, 0.1) is 11.3 Å². The zero-order chi connectivity index (χ0) is 15.7. The van der Waals surface area contributed by atoms with Crippen molar-refractivity contribution in [3.63, 3.8) is 0 Å². The van der Waals surface area contributed by atoms with Gasteiger partial charge in [-0.1, -0.05) is 6.08 Å². The van der Waals surface area contributed by atoms with E-state index in [1.807, 2.05) is 18.2 Å². The van der Waals surface area contributed by atoms with Gasteiger partial charge in [0.15, 0.2) is 0 Å². The van der Waals surface area contributed by atoms with Gasteiger partial charge in [0.25, 0.3) is 0 Å². The van der Waals surface area contributed by atoms with Crippen LogP contribution in [-0.4, -0.2) is 39.2 Å². The number of nitriles is 1. The Hall–Kier alpha value is -2.46. The quantitative estimate of drug-likeness (QED) is 0.845. The summed E-state index contributed by atoms with van der Waals surface area (Å²) >= 11 is 3.40. The monoisotopic (exact) mass is 358 g/mol. The van der Waals surface area contributed by atoms with E-state index in [0.29, 0.717) is 40.6 Å². The Balaban J connectivity index is 2.01. The molecule has 22 heavy (non-hydrogen) atoms. The van der Waals surface area contributed by atoms with Gasteiger partial charge in [-0.15, -0.1) is 0 Å². The predicted molar refractivity (Wildman–Crippen MR) is 84.1 cm³/mol. The molecule has 0 atom stereocenters. The second-order valence-electron chi connectivity index (χ2n) is 4.87. The van der Waals surface area contributed by atoms with Crippen molar-refractivity contribution >= 4 is 38.6 Å². The Morgan fingerprint density at radius 2 is 2.27 bits per heavy atom. The van der Waals surface area contributed by atoms with Crippen LogP contribution in [0.4, 0.5) is 4.79 Å². The molecule has 0 radical (unpaired) electrons. The van der Waals surface area contributed by atoms with Gasteiger partial charge in [-0.3, -0.25) is 4.98 Å². The highest BCUT2D eigenvalue weighted by molar-refractivity contribution is 9.10. The lowest BCUT2D eigenvalue weighted by atomic mass is 10.0. The van der Waals surface area contributed by atoms with Crippen LogP contribution >= 0.6 is 15.9 Å². The minimum absolute atomic E-state index is 0.363. The highest BCUT2D eigenvalue weighted by Crippen LogP contribution is 2.27. The lowest BCUT2D eigenvalue weighted by molar-refractivity contribution is 0.150. The fourth-order valence-electron chi connectivity index (χ4n) is 2.37. The molecule has 110 valence electrons. The molecule has 0 aliphatic carbocycles. The van der Waals surface area contributed by atoms with Crippen LogP contribution in [0.15, 0.2) is 28.9 Å². The van der Waals surface area contributed by atoms with Gasteiger partial charge in [0.1, 0.15) is 11.6 Å². The predicted octanol–water partition coefficient (Wildman–Crippen LogP) is 3.03. The molecular formula is C15H11BrN4O2. The van der Waals surface area contributed by atoms with E-state index in [2.05, 4.69) is 32.0 Å². The average Bonchev–Trinajstić information content (AvgIpc) is 2.55. The maximum atomic E-state index is 10.9. The Kier molecular flexibility index (Phi) is 3.77. The molecule has 2 aromatic heterocycles. The second-order valence-corrected chi connectivity index (χ2v) is 5.66. The first-order chi connectivity index (χ1) is 10.6. The fraction of sp³-hybridized carbons (Fsp3) is 0.200. The van der Waals surface area contributed by atoms with Gasteiger partial charge in [-0.25, -0.2) is 9.78 Å². The molecule has 0 aromatic carbocycles. The Morgan fingerprint density at radius 3 is 2.91 bits per heavy atom. The molecule has 6 nitrogen and oxygen atoms in total. The van der Waals surface area contributed by atoms with Gasteiger partial charge in [-0.2, -0.15) is 5.26 Å². The summed E-state index contributed by atoms with van der Waals surface area (Å²) in [5.74, 6) is 0. The zero-order valence-corrected chi connectivity index (χ0v) is 13.0. The number of rotatable bonds is 1.